The van der Waals surface area contributed by atoms with E-state index in [9.17, 15) is 27.6 Å². The Morgan fingerprint density at radius 2 is 1.69 bits per heavy atom. The number of hydrogen-bond donors (Lipinski definition) is 1. The zero-order valence-corrected chi connectivity index (χ0v) is 21.2. The van der Waals surface area contributed by atoms with Crippen molar-refractivity contribution in [2.24, 2.45) is 0 Å². The molecule has 0 radical (unpaired) electrons. The number of carbonyl (C=O) groups is 2. The Kier molecular flexibility index (Phi) is 6.90. The number of pyridine rings is 1. The van der Waals surface area contributed by atoms with E-state index in [0.717, 1.165) is 5.56 Å². The lowest BCUT2D eigenvalue weighted by atomic mass is 10.1. The fraction of sp³-hybridized carbons (Fsp3) is 0.250. The van der Waals surface area contributed by atoms with Crippen molar-refractivity contribution in [1.82, 2.24) is 14.9 Å². The van der Waals surface area contributed by atoms with Gasteiger partial charge in [-0.25, -0.2) is 13.2 Å². The molecule has 2 aliphatic rings. The summed E-state index contributed by atoms with van der Waals surface area (Å²) in [6.07, 6.45) is 5.03. The fourth-order valence-corrected chi connectivity index (χ4v) is 4.60. The molecule has 3 aromatic rings. The molecule has 0 unspecified atom stereocenters. The van der Waals surface area contributed by atoms with Gasteiger partial charge in [-0.15, -0.1) is 0 Å². The summed E-state index contributed by atoms with van der Waals surface area (Å²) in [7, 11) is 0. The van der Waals surface area contributed by atoms with Crippen LogP contribution in [0.5, 0.6) is 5.75 Å². The third-order valence-electron chi connectivity index (χ3n) is 6.82. The van der Waals surface area contributed by atoms with E-state index in [1.54, 1.807) is 34.2 Å². The van der Waals surface area contributed by atoms with Crippen molar-refractivity contribution in [2.75, 3.05) is 11.7 Å². The normalized spacial score (nSPS) is 18.0. The van der Waals surface area contributed by atoms with Gasteiger partial charge in [0.25, 0.3) is 11.8 Å². The van der Waals surface area contributed by atoms with Crippen LogP contribution in [0.25, 0.3) is 0 Å². The van der Waals surface area contributed by atoms with Gasteiger partial charge in [0, 0.05) is 36.5 Å². The Balaban J connectivity index is 1.57. The molecule has 1 N–H and O–H groups in total. The highest BCUT2D eigenvalue weighted by Gasteiger charge is 2.39. The second-order valence-electron chi connectivity index (χ2n) is 9.42. The van der Waals surface area contributed by atoms with Crippen LogP contribution in [0.1, 0.15) is 45.8 Å². The number of carbonyl (C=O) groups excluding carboxylic acids is 2. The van der Waals surface area contributed by atoms with Gasteiger partial charge in [-0.05, 0) is 19.4 Å². The maximum Gasteiger partial charge on any atom is 0.278 e. The highest BCUT2D eigenvalue weighted by Crippen LogP contribution is 2.28. The molecular formula is C28H25F3N4O4. The second kappa shape index (κ2) is 10.3. The molecule has 3 heterocycles. The molecule has 8 nitrogen and oxygen atoms in total. The van der Waals surface area contributed by atoms with Crippen LogP contribution in [-0.2, 0) is 13.2 Å². The van der Waals surface area contributed by atoms with E-state index in [0.29, 0.717) is 12.1 Å². The molecule has 5 rings (SSSR count). The lowest BCUT2D eigenvalue weighted by Gasteiger charge is -2.42. The van der Waals surface area contributed by atoms with Crippen molar-refractivity contribution in [1.29, 1.82) is 0 Å². The van der Waals surface area contributed by atoms with Gasteiger partial charge in [-0.1, -0.05) is 42.5 Å². The van der Waals surface area contributed by atoms with E-state index in [-0.39, 0.29) is 42.4 Å². The summed E-state index contributed by atoms with van der Waals surface area (Å²) >= 11 is 0. The molecule has 202 valence electrons. The predicted molar refractivity (Wildman–Crippen MR) is 136 cm³/mol. The maximum atomic E-state index is 14.1. The molecule has 0 saturated carbocycles. The Hall–Kier alpha value is -4.54. The predicted octanol–water partition coefficient (Wildman–Crippen LogP) is 3.47. The molecule has 2 amide bonds. The smallest absolute Gasteiger partial charge is 0.278 e. The lowest BCUT2D eigenvalue weighted by molar-refractivity contribution is 0.0649. The van der Waals surface area contributed by atoms with Gasteiger partial charge in [-0.3, -0.25) is 24.1 Å². The van der Waals surface area contributed by atoms with Gasteiger partial charge in [0.15, 0.2) is 11.4 Å². The minimum Gasteiger partial charge on any atom is -0.482 e. The number of fused-ring (bicyclic) bond motifs is 4. The van der Waals surface area contributed by atoms with Crippen molar-refractivity contribution >= 4 is 11.8 Å². The Morgan fingerprint density at radius 1 is 1.03 bits per heavy atom. The second-order valence-corrected chi connectivity index (χ2v) is 9.42. The summed E-state index contributed by atoms with van der Waals surface area (Å²) in [5.41, 5.74) is -1.10. The molecule has 2 atom stereocenters. The van der Waals surface area contributed by atoms with Crippen molar-refractivity contribution in [3.8, 4) is 5.75 Å². The summed E-state index contributed by atoms with van der Waals surface area (Å²) in [4.78, 5) is 42.0. The summed E-state index contributed by atoms with van der Waals surface area (Å²) in [6, 6.07) is 9.52. The Labute approximate surface area is 221 Å². The summed E-state index contributed by atoms with van der Waals surface area (Å²) in [5, 5.41) is 4.12. The molecule has 2 aliphatic heterocycles. The van der Waals surface area contributed by atoms with Gasteiger partial charge < -0.3 is 15.0 Å². The number of benzene rings is 2. The number of nitrogens with zero attached hydrogens (tertiary/aromatic N) is 3. The molecular weight excluding hydrogens is 513 g/mol. The molecule has 0 saturated heterocycles. The van der Waals surface area contributed by atoms with E-state index >= 15 is 0 Å². The molecule has 0 fully saturated rings. The third-order valence-corrected chi connectivity index (χ3v) is 6.82. The summed E-state index contributed by atoms with van der Waals surface area (Å²) < 4.78 is 48.9. The molecule has 2 aromatic carbocycles. The molecule has 0 spiro atoms. The van der Waals surface area contributed by atoms with Crippen molar-refractivity contribution in [2.45, 2.75) is 39.1 Å². The Bertz CT molecular complexity index is 1520. The molecule has 0 aliphatic carbocycles. The monoisotopic (exact) mass is 538 g/mol. The fourth-order valence-electron chi connectivity index (χ4n) is 4.60. The zero-order chi connectivity index (χ0) is 27.8. The lowest BCUT2D eigenvalue weighted by Crippen LogP contribution is -2.57. The molecule has 39 heavy (non-hydrogen) atoms. The van der Waals surface area contributed by atoms with E-state index < -0.39 is 46.8 Å². The van der Waals surface area contributed by atoms with E-state index in [1.807, 2.05) is 32.1 Å². The highest BCUT2D eigenvalue weighted by atomic mass is 19.1. The van der Waals surface area contributed by atoms with E-state index in [4.69, 9.17) is 4.74 Å². The number of halogens is 3. The van der Waals surface area contributed by atoms with Gasteiger partial charge in [0.2, 0.25) is 5.43 Å². The number of hydrogen-bond acceptors (Lipinski definition) is 5. The van der Waals surface area contributed by atoms with Crippen LogP contribution in [-0.4, -0.2) is 40.1 Å². The number of nitrogens with one attached hydrogen (secondary N) is 1. The SMILES string of the molecule is C[C@@H]1C=C[C@H](C)N2CN1n1cc(C(=O)NCc3c(F)cc(F)cc3F)c(=O)c(OCc3ccccc3)c1C2=O. The van der Waals surface area contributed by atoms with Gasteiger partial charge in [0.1, 0.15) is 36.3 Å². The standard InChI is InChI=1S/C28H25F3N4O4/c1-16-8-9-17(2)35-15-33(16)28(38)24-26(39-14-18-6-4-3-5-7-18)25(36)21(13-34(24)35)27(37)32-12-20-22(30)10-19(29)11-23(20)31/h3-11,13,16-17H,12,14-15H2,1-2H3,(H,32,37)/t16-,17+/m0/s1. The highest BCUT2D eigenvalue weighted by molar-refractivity contribution is 5.99. The zero-order valence-electron chi connectivity index (χ0n) is 21.2. The van der Waals surface area contributed by atoms with Crippen LogP contribution in [0, 0.1) is 17.5 Å². The molecule has 1 aromatic heterocycles. The number of ether oxygens (including phenoxy) is 1. The molecule has 11 heteroatoms. The first-order valence-electron chi connectivity index (χ1n) is 12.3. The Morgan fingerprint density at radius 3 is 2.38 bits per heavy atom. The number of aromatic nitrogens is 1. The van der Waals surface area contributed by atoms with Gasteiger partial charge in [0.05, 0.1) is 6.04 Å². The first kappa shape index (κ1) is 26.1. The van der Waals surface area contributed by atoms with Crippen LogP contribution in [0.4, 0.5) is 13.2 Å². The topological polar surface area (TPSA) is 83.9 Å². The quantitative estimate of drug-likeness (QED) is 0.486. The molecule has 2 bridgehead atoms. The van der Waals surface area contributed by atoms with Crippen molar-refractivity contribution in [3.63, 3.8) is 0 Å². The van der Waals surface area contributed by atoms with Crippen LogP contribution in [0.3, 0.4) is 0 Å². The number of rotatable bonds is 6. The van der Waals surface area contributed by atoms with Gasteiger partial charge in [-0.2, -0.15) is 0 Å². The van der Waals surface area contributed by atoms with Crippen LogP contribution in [0.15, 0.2) is 65.6 Å². The first-order valence-corrected chi connectivity index (χ1v) is 12.3. The number of amides is 2. The minimum atomic E-state index is -1.17. The average molecular weight is 539 g/mol. The summed E-state index contributed by atoms with van der Waals surface area (Å²) in [6.45, 7) is 3.27. The largest absolute Gasteiger partial charge is 0.482 e. The minimum absolute atomic E-state index is 0.0308. The van der Waals surface area contributed by atoms with Crippen molar-refractivity contribution < 1.29 is 27.5 Å². The van der Waals surface area contributed by atoms with Crippen LogP contribution >= 0.6 is 0 Å². The summed E-state index contributed by atoms with van der Waals surface area (Å²) in [5.74, 6) is -5.14. The maximum absolute atomic E-state index is 14.1. The van der Waals surface area contributed by atoms with E-state index in [2.05, 4.69) is 5.32 Å². The first-order chi connectivity index (χ1) is 18.7. The van der Waals surface area contributed by atoms with Crippen LogP contribution < -0.4 is 20.5 Å². The average Bonchev–Trinajstić information content (AvgIpc) is 3.03. The van der Waals surface area contributed by atoms with Crippen LogP contribution in [0.2, 0.25) is 0 Å². The van der Waals surface area contributed by atoms with Crippen molar-refractivity contribution in [3.05, 3.63) is 111 Å². The van der Waals surface area contributed by atoms with E-state index in [1.165, 1.54) is 10.9 Å². The third kappa shape index (κ3) is 4.87. The van der Waals surface area contributed by atoms with Gasteiger partial charge >= 0.3 is 0 Å².